The number of hydrogen-bond acceptors (Lipinski definition) is 7. The highest BCUT2D eigenvalue weighted by atomic mass is 32.2. The third kappa shape index (κ3) is 5.88. The Morgan fingerprint density at radius 2 is 2.04 bits per heavy atom. The number of amides is 1. The number of rotatable bonds is 10. The smallest absolute Gasteiger partial charge is 0.315 e. The molecule has 1 heterocycles. The summed E-state index contributed by atoms with van der Waals surface area (Å²) in [5.74, 6) is -1.44. The number of nitrogens with one attached hydrogen (secondary N) is 1. The van der Waals surface area contributed by atoms with Gasteiger partial charge in [0.25, 0.3) is 0 Å². The van der Waals surface area contributed by atoms with Crippen molar-refractivity contribution in [2.75, 3.05) is 25.5 Å². The fourth-order valence-electron chi connectivity index (χ4n) is 2.03. The first-order chi connectivity index (χ1) is 12.4. The molecule has 0 spiro atoms. The fraction of sp³-hybridized carbons (Fsp3) is 0.438. The summed E-state index contributed by atoms with van der Waals surface area (Å²) in [5.41, 5.74) is 0. The zero-order chi connectivity index (χ0) is 19.0. The third-order valence-corrected chi connectivity index (χ3v) is 5.12. The summed E-state index contributed by atoms with van der Waals surface area (Å²) in [6, 6.07) is 4.55. The number of aromatic nitrogens is 2. The number of halogens is 1. The Labute approximate surface area is 150 Å². The Balaban J connectivity index is 1.85. The SMILES string of the molecule is CCOCCCNC(=O)c1nc(CCS(=O)(=O)c2ccc(F)cc2)no1. The fourth-order valence-corrected chi connectivity index (χ4v) is 3.27. The second-order valence-electron chi connectivity index (χ2n) is 5.34. The molecule has 2 rings (SSSR count). The number of sulfone groups is 1. The predicted molar refractivity (Wildman–Crippen MR) is 89.9 cm³/mol. The normalized spacial score (nSPS) is 11.5. The maximum atomic E-state index is 12.9. The molecule has 1 N–H and O–H groups in total. The Morgan fingerprint density at radius 1 is 1.31 bits per heavy atom. The molecule has 0 bridgehead atoms. The molecule has 1 aromatic carbocycles. The van der Waals surface area contributed by atoms with Crippen molar-refractivity contribution >= 4 is 15.7 Å². The van der Waals surface area contributed by atoms with Crippen LogP contribution >= 0.6 is 0 Å². The Morgan fingerprint density at radius 3 is 2.73 bits per heavy atom. The molecule has 0 saturated heterocycles. The summed E-state index contributed by atoms with van der Waals surface area (Å²) < 4.78 is 47.2. The monoisotopic (exact) mass is 385 g/mol. The van der Waals surface area contributed by atoms with E-state index in [1.54, 1.807) is 0 Å². The van der Waals surface area contributed by atoms with Crippen molar-refractivity contribution in [3.05, 3.63) is 41.8 Å². The molecule has 0 aliphatic rings. The van der Waals surface area contributed by atoms with E-state index >= 15 is 0 Å². The van der Waals surface area contributed by atoms with Crippen LogP contribution in [0.1, 0.15) is 29.9 Å². The largest absolute Gasteiger partial charge is 0.382 e. The lowest BCUT2D eigenvalue weighted by atomic mass is 10.4. The number of nitrogens with zero attached hydrogens (tertiary/aromatic N) is 2. The van der Waals surface area contributed by atoms with Crippen molar-refractivity contribution in [1.29, 1.82) is 0 Å². The maximum absolute atomic E-state index is 12.9. The van der Waals surface area contributed by atoms with Crippen molar-refractivity contribution in [2.45, 2.75) is 24.7 Å². The Hall–Kier alpha value is -2.33. The van der Waals surface area contributed by atoms with Gasteiger partial charge in [0, 0.05) is 26.2 Å². The molecular formula is C16H20FN3O5S. The lowest BCUT2D eigenvalue weighted by molar-refractivity contribution is 0.0901. The minimum atomic E-state index is -3.61. The van der Waals surface area contributed by atoms with Gasteiger partial charge in [-0.3, -0.25) is 4.79 Å². The van der Waals surface area contributed by atoms with Crippen LogP contribution in [0.4, 0.5) is 4.39 Å². The molecule has 26 heavy (non-hydrogen) atoms. The topological polar surface area (TPSA) is 111 Å². The number of aryl methyl sites for hydroxylation is 1. The van der Waals surface area contributed by atoms with Crippen LogP contribution in [0.25, 0.3) is 0 Å². The van der Waals surface area contributed by atoms with Crippen LogP contribution in [-0.2, 0) is 21.0 Å². The van der Waals surface area contributed by atoms with Crippen molar-refractivity contribution in [2.24, 2.45) is 0 Å². The number of carbonyl (C=O) groups excluding carboxylic acids is 1. The average Bonchev–Trinajstić information content (AvgIpc) is 3.09. The Bertz CT molecular complexity index is 821. The first-order valence-corrected chi connectivity index (χ1v) is 9.74. The molecule has 1 aromatic heterocycles. The van der Waals surface area contributed by atoms with Crippen molar-refractivity contribution in [3.8, 4) is 0 Å². The van der Waals surface area contributed by atoms with Gasteiger partial charge >= 0.3 is 11.8 Å². The maximum Gasteiger partial charge on any atom is 0.315 e. The molecule has 0 atom stereocenters. The molecular weight excluding hydrogens is 365 g/mol. The molecule has 10 heteroatoms. The lowest BCUT2D eigenvalue weighted by Gasteiger charge is -2.02. The van der Waals surface area contributed by atoms with E-state index in [1.807, 2.05) is 6.92 Å². The predicted octanol–water partition coefficient (Wildman–Crippen LogP) is 1.38. The molecule has 0 radical (unpaired) electrons. The van der Waals surface area contributed by atoms with Gasteiger partial charge < -0.3 is 14.6 Å². The van der Waals surface area contributed by atoms with Gasteiger partial charge in [-0.25, -0.2) is 12.8 Å². The van der Waals surface area contributed by atoms with Gasteiger partial charge in [0.15, 0.2) is 15.7 Å². The second kappa shape index (κ2) is 9.39. The molecule has 0 fully saturated rings. The molecule has 0 saturated carbocycles. The van der Waals surface area contributed by atoms with Crippen LogP contribution in [0, 0.1) is 5.82 Å². The van der Waals surface area contributed by atoms with Crippen LogP contribution in [0.3, 0.4) is 0 Å². The van der Waals surface area contributed by atoms with Gasteiger partial charge in [-0.05, 0) is 37.6 Å². The standard InChI is InChI=1S/C16H20FN3O5S/c1-2-24-10-3-9-18-15(21)16-19-14(20-25-16)8-11-26(22,23)13-6-4-12(17)5-7-13/h4-7H,2-3,8-11H2,1H3,(H,18,21). The summed E-state index contributed by atoms with van der Waals surface area (Å²) in [4.78, 5) is 15.7. The van der Waals surface area contributed by atoms with Crippen LogP contribution in [0.2, 0.25) is 0 Å². The highest BCUT2D eigenvalue weighted by Crippen LogP contribution is 2.13. The highest BCUT2D eigenvalue weighted by Gasteiger charge is 2.19. The average molecular weight is 385 g/mol. The van der Waals surface area contributed by atoms with Crippen LogP contribution in [-0.4, -0.2) is 50.0 Å². The molecule has 0 unspecified atom stereocenters. The van der Waals surface area contributed by atoms with Gasteiger partial charge in [-0.2, -0.15) is 4.98 Å². The zero-order valence-corrected chi connectivity index (χ0v) is 15.1. The van der Waals surface area contributed by atoms with Crippen LogP contribution < -0.4 is 5.32 Å². The zero-order valence-electron chi connectivity index (χ0n) is 14.3. The second-order valence-corrected chi connectivity index (χ2v) is 7.45. The van der Waals surface area contributed by atoms with E-state index in [0.717, 1.165) is 12.1 Å². The van der Waals surface area contributed by atoms with Gasteiger partial charge in [-0.1, -0.05) is 5.16 Å². The van der Waals surface area contributed by atoms with E-state index < -0.39 is 21.6 Å². The summed E-state index contributed by atoms with van der Waals surface area (Å²) in [6.07, 6.45) is 0.622. The summed E-state index contributed by atoms with van der Waals surface area (Å²) in [6.45, 7) is 3.43. The highest BCUT2D eigenvalue weighted by molar-refractivity contribution is 7.91. The summed E-state index contributed by atoms with van der Waals surface area (Å²) >= 11 is 0. The minimum Gasteiger partial charge on any atom is -0.382 e. The molecule has 142 valence electrons. The van der Waals surface area contributed by atoms with E-state index in [0.29, 0.717) is 26.2 Å². The third-order valence-electron chi connectivity index (χ3n) is 3.38. The molecule has 8 nitrogen and oxygen atoms in total. The van der Waals surface area contributed by atoms with Crippen LogP contribution in [0.5, 0.6) is 0 Å². The molecule has 1 amide bonds. The van der Waals surface area contributed by atoms with E-state index in [2.05, 4.69) is 15.5 Å². The molecule has 2 aromatic rings. The summed E-state index contributed by atoms with van der Waals surface area (Å²) in [5, 5.41) is 6.22. The minimum absolute atomic E-state index is 0.00894. The van der Waals surface area contributed by atoms with Crippen molar-refractivity contribution in [1.82, 2.24) is 15.5 Å². The Kier molecular flexibility index (Phi) is 7.22. The van der Waals surface area contributed by atoms with Crippen LogP contribution in [0.15, 0.2) is 33.7 Å². The first-order valence-electron chi connectivity index (χ1n) is 8.09. The van der Waals surface area contributed by atoms with Gasteiger partial charge in [0.1, 0.15) is 5.82 Å². The van der Waals surface area contributed by atoms with Crippen molar-refractivity contribution < 1.29 is 26.9 Å². The summed E-state index contributed by atoms with van der Waals surface area (Å²) in [7, 11) is -3.61. The molecule has 0 aliphatic carbocycles. The van der Waals surface area contributed by atoms with E-state index in [9.17, 15) is 17.6 Å². The number of benzene rings is 1. The van der Waals surface area contributed by atoms with E-state index in [-0.39, 0.29) is 28.8 Å². The van der Waals surface area contributed by atoms with Gasteiger partial charge in [0.05, 0.1) is 10.6 Å². The number of hydrogen-bond donors (Lipinski definition) is 1. The number of ether oxygens (including phenoxy) is 1. The quantitative estimate of drug-likeness (QED) is 0.486. The van der Waals surface area contributed by atoms with E-state index in [4.69, 9.17) is 9.26 Å². The van der Waals surface area contributed by atoms with E-state index in [1.165, 1.54) is 12.1 Å². The van der Waals surface area contributed by atoms with Crippen molar-refractivity contribution in [3.63, 3.8) is 0 Å². The van der Waals surface area contributed by atoms with Gasteiger partial charge in [0.2, 0.25) is 0 Å². The lowest BCUT2D eigenvalue weighted by Crippen LogP contribution is -2.25. The first kappa shape index (κ1) is 20.0. The van der Waals surface area contributed by atoms with Gasteiger partial charge in [-0.15, -0.1) is 0 Å². The molecule has 0 aliphatic heterocycles. The number of carbonyl (C=O) groups is 1.